The summed E-state index contributed by atoms with van der Waals surface area (Å²) in [5.41, 5.74) is 7.93. The van der Waals surface area contributed by atoms with Crippen molar-refractivity contribution in [3.05, 3.63) is 41.6 Å². The van der Waals surface area contributed by atoms with E-state index in [0.29, 0.717) is 23.0 Å². The first kappa shape index (κ1) is 21.9. The number of nitrogens with one attached hydrogen (secondary N) is 2. The number of Topliss-reactive ketones (excluding diaryl/α,β-unsaturated/α-hetero) is 1. The Labute approximate surface area is 198 Å². The number of hydroxylamine groups is 1. The van der Waals surface area contributed by atoms with Crippen molar-refractivity contribution in [3.63, 3.8) is 0 Å². The lowest BCUT2D eigenvalue weighted by atomic mass is 9.44. The molecule has 1 aliphatic heterocycles. The summed E-state index contributed by atoms with van der Waals surface area (Å²) in [4.78, 5) is 19.0. The van der Waals surface area contributed by atoms with Crippen LogP contribution in [0.1, 0.15) is 77.2 Å². The standard InChI is InChI=1S/C29H40N2O2/c1-28-16-13-25(31-33-20-14-17-30-18-20)27(19-6-4-3-5-7-19)24(28)9-8-21-22-10-11-26(32)29(22,2)15-12-23(21)28/h3-7,20-24,30-31H,8-18H2,1-2H3. The van der Waals surface area contributed by atoms with Gasteiger partial charge in [-0.25, -0.2) is 0 Å². The average Bonchev–Trinajstić information content (AvgIpc) is 3.45. The second-order valence-corrected chi connectivity index (χ2v) is 12.0. The maximum Gasteiger partial charge on any atom is 0.139 e. The Morgan fingerprint density at radius 2 is 1.82 bits per heavy atom. The fourth-order valence-electron chi connectivity index (χ4n) is 8.78. The molecule has 33 heavy (non-hydrogen) atoms. The van der Waals surface area contributed by atoms with E-state index in [9.17, 15) is 4.79 Å². The van der Waals surface area contributed by atoms with Crippen LogP contribution in [-0.2, 0) is 9.63 Å². The number of ketones is 1. The van der Waals surface area contributed by atoms with E-state index in [0.717, 1.165) is 57.0 Å². The van der Waals surface area contributed by atoms with Crippen molar-refractivity contribution in [2.75, 3.05) is 13.1 Å². The molecule has 4 nitrogen and oxygen atoms in total. The SMILES string of the molecule is CC12CCC3C(CCC4C(c5ccccc5)=C(NOC5CCNC5)CCC43C)C1CCC2=O. The summed E-state index contributed by atoms with van der Waals surface area (Å²) in [6.45, 7) is 6.87. The third kappa shape index (κ3) is 3.43. The molecule has 0 amide bonds. The molecule has 7 unspecified atom stereocenters. The van der Waals surface area contributed by atoms with Crippen molar-refractivity contribution in [1.82, 2.24) is 10.8 Å². The topological polar surface area (TPSA) is 50.4 Å². The van der Waals surface area contributed by atoms with Gasteiger partial charge in [0.1, 0.15) is 5.78 Å². The minimum atomic E-state index is -0.0347. The number of carbonyl (C=O) groups excluding carboxylic acids is 1. The molecule has 2 N–H and O–H groups in total. The molecular weight excluding hydrogens is 408 g/mol. The van der Waals surface area contributed by atoms with Crippen LogP contribution >= 0.6 is 0 Å². The van der Waals surface area contributed by atoms with Crippen molar-refractivity contribution in [2.45, 2.75) is 77.7 Å². The highest BCUT2D eigenvalue weighted by Crippen LogP contribution is 2.66. The van der Waals surface area contributed by atoms with E-state index < -0.39 is 0 Å². The fourth-order valence-corrected chi connectivity index (χ4v) is 8.78. The van der Waals surface area contributed by atoms with Crippen molar-refractivity contribution in [3.8, 4) is 0 Å². The fraction of sp³-hybridized carbons (Fsp3) is 0.690. The highest BCUT2D eigenvalue weighted by Gasteiger charge is 2.60. The molecule has 0 aromatic heterocycles. The molecule has 0 spiro atoms. The normalized spacial score (nSPS) is 42.6. The van der Waals surface area contributed by atoms with Crippen molar-refractivity contribution in [1.29, 1.82) is 0 Å². The quantitative estimate of drug-likeness (QED) is 0.597. The zero-order valence-corrected chi connectivity index (χ0v) is 20.4. The van der Waals surface area contributed by atoms with Crippen LogP contribution in [0.3, 0.4) is 0 Å². The molecule has 4 heteroatoms. The Morgan fingerprint density at radius 3 is 2.61 bits per heavy atom. The first-order valence-electron chi connectivity index (χ1n) is 13.4. The van der Waals surface area contributed by atoms with Crippen molar-refractivity contribution >= 4 is 11.4 Å². The summed E-state index contributed by atoms with van der Waals surface area (Å²) in [6, 6.07) is 11.1. The minimum Gasteiger partial charge on any atom is -0.314 e. The Balaban J connectivity index is 1.33. The Morgan fingerprint density at radius 1 is 0.970 bits per heavy atom. The first-order valence-corrected chi connectivity index (χ1v) is 13.4. The van der Waals surface area contributed by atoms with E-state index >= 15 is 0 Å². The lowest BCUT2D eigenvalue weighted by molar-refractivity contribution is -0.135. The Bertz CT molecular complexity index is 936. The van der Waals surface area contributed by atoms with Gasteiger partial charge in [0.25, 0.3) is 0 Å². The monoisotopic (exact) mass is 448 g/mol. The van der Waals surface area contributed by atoms with Crippen LogP contribution in [0.25, 0.3) is 5.57 Å². The number of rotatable bonds is 4. The largest absolute Gasteiger partial charge is 0.314 e. The Kier molecular flexibility index (Phi) is 5.45. The summed E-state index contributed by atoms with van der Waals surface area (Å²) >= 11 is 0. The van der Waals surface area contributed by atoms with E-state index in [1.165, 1.54) is 42.5 Å². The third-order valence-corrected chi connectivity index (χ3v) is 10.6. The zero-order valence-electron chi connectivity index (χ0n) is 20.4. The third-order valence-electron chi connectivity index (χ3n) is 10.6. The van der Waals surface area contributed by atoms with Gasteiger partial charge in [-0.05, 0) is 98.1 Å². The average molecular weight is 449 g/mol. The summed E-state index contributed by atoms with van der Waals surface area (Å²) in [6.07, 6.45) is 10.4. The van der Waals surface area contributed by atoms with Crippen LogP contribution in [0.4, 0.5) is 0 Å². The predicted octanol–water partition coefficient (Wildman–Crippen LogP) is 5.50. The minimum absolute atomic E-state index is 0.0347. The summed E-state index contributed by atoms with van der Waals surface area (Å²) < 4.78 is 0. The highest BCUT2D eigenvalue weighted by atomic mass is 16.7. The smallest absolute Gasteiger partial charge is 0.139 e. The predicted molar refractivity (Wildman–Crippen MR) is 131 cm³/mol. The van der Waals surface area contributed by atoms with Gasteiger partial charge in [-0.15, -0.1) is 0 Å². The van der Waals surface area contributed by atoms with E-state index in [1.807, 2.05) is 0 Å². The molecule has 0 radical (unpaired) electrons. The number of allylic oxidation sites excluding steroid dienone is 2. The van der Waals surface area contributed by atoms with E-state index in [-0.39, 0.29) is 11.5 Å². The van der Waals surface area contributed by atoms with Gasteiger partial charge in [-0.3, -0.25) is 15.1 Å². The van der Waals surface area contributed by atoms with E-state index in [4.69, 9.17) is 4.84 Å². The Hall–Kier alpha value is -1.65. The second-order valence-electron chi connectivity index (χ2n) is 12.0. The van der Waals surface area contributed by atoms with Crippen LogP contribution in [-0.4, -0.2) is 25.0 Å². The number of hydrogen-bond donors (Lipinski definition) is 2. The van der Waals surface area contributed by atoms with Gasteiger partial charge in [0.05, 0.1) is 6.10 Å². The van der Waals surface area contributed by atoms with Gasteiger partial charge < -0.3 is 5.32 Å². The lowest BCUT2D eigenvalue weighted by Gasteiger charge is -2.60. The summed E-state index contributed by atoms with van der Waals surface area (Å²) in [5, 5.41) is 3.40. The van der Waals surface area contributed by atoms with Crippen LogP contribution < -0.4 is 10.8 Å². The number of carbonyl (C=O) groups is 1. The van der Waals surface area contributed by atoms with Crippen molar-refractivity contribution in [2.24, 2.45) is 34.5 Å². The molecular formula is C29H40N2O2. The van der Waals surface area contributed by atoms with Crippen molar-refractivity contribution < 1.29 is 9.63 Å². The van der Waals surface area contributed by atoms with Gasteiger partial charge in [-0.2, -0.15) is 0 Å². The van der Waals surface area contributed by atoms with Gasteiger partial charge in [0.15, 0.2) is 0 Å². The molecule has 5 aliphatic rings. The molecule has 1 saturated heterocycles. The molecule has 1 aromatic carbocycles. The highest BCUT2D eigenvalue weighted by molar-refractivity contribution is 5.87. The summed E-state index contributed by atoms with van der Waals surface area (Å²) in [5.74, 6) is 3.19. The van der Waals surface area contributed by atoms with Gasteiger partial charge in [0, 0.05) is 24.1 Å². The number of benzene rings is 1. The molecule has 0 bridgehead atoms. The molecule has 178 valence electrons. The van der Waals surface area contributed by atoms with Crippen LogP contribution in [0.15, 0.2) is 36.0 Å². The molecule has 4 aliphatic carbocycles. The maximum absolute atomic E-state index is 12.8. The zero-order chi connectivity index (χ0) is 22.6. The van der Waals surface area contributed by atoms with E-state index in [2.05, 4.69) is 55.0 Å². The summed E-state index contributed by atoms with van der Waals surface area (Å²) in [7, 11) is 0. The molecule has 4 fully saturated rings. The molecule has 7 atom stereocenters. The molecule has 1 aromatic rings. The lowest BCUT2D eigenvalue weighted by Crippen LogP contribution is -2.53. The van der Waals surface area contributed by atoms with E-state index in [1.54, 1.807) is 0 Å². The van der Waals surface area contributed by atoms with Crippen LogP contribution in [0.5, 0.6) is 0 Å². The number of hydrogen-bond acceptors (Lipinski definition) is 4. The second kappa shape index (κ2) is 8.23. The van der Waals surface area contributed by atoms with Gasteiger partial charge in [-0.1, -0.05) is 44.2 Å². The first-order chi connectivity index (χ1) is 16.0. The van der Waals surface area contributed by atoms with Gasteiger partial charge >= 0.3 is 0 Å². The maximum atomic E-state index is 12.8. The number of fused-ring (bicyclic) bond motifs is 5. The van der Waals surface area contributed by atoms with Crippen LogP contribution in [0, 0.1) is 34.5 Å². The molecule has 3 saturated carbocycles. The molecule has 1 heterocycles. The molecule has 6 rings (SSSR count). The van der Waals surface area contributed by atoms with Gasteiger partial charge in [0.2, 0.25) is 0 Å². The van der Waals surface area contributed by atoms with Crippen LogP contribution in [0.2, 0.25) is 0 Å².